The van der Waals surface area contributed by atoms with Crippen molar-refractivity contribution in [3.8, 4) is 11.5 Å². The molecule has 0 spiro atoms. The molecule has 0 aliphatic carbocycles. The summed E-state index contributed by atoms with van der Waals surface area (Å²) >= 11 is 0. The zero-order valence-corrected chi connectivity index (χ0v) is 21.3. The van der Waals surface area contributed by atoms with Crippen molar-refractivity contribution in [1.82, 2.24) is 29.5 Å². The molecular formula is C28H28N8O2. The maximum Gasteiger partial charge on any atom is 0.337 e. The van der Waals surface area contributed by atoms with E-state index >= 15 is 0 Å². The van der Waals surface area contributed by atoms with Crippen LogP contribution in [-0.2, 0) is 0 Å². The molecule has 0 bridgehead atoms. The number of piperidine rings is 1. The van der Waals surface area contributed by atoms with Gasteiger partial charge in [0.2, 0.25) is 11.8 Å². The number of aromatic nitrogens is 6. The van der Waals surface area contributed by atoms with Crippen molar-refractivity contribution in [2.75, 3.05) is 23.3 Å². The molecule has 5 aromatic rings. The smallest absolute Gasteiger partial charge is 0.337 e. The monoisotopic (exact) mass is 508 g/mol. The Balaban J connectivity index is 1.55. The number of hydrogen-bond donors (Lipinski definition) is 2. The molecule has 192 valence electrons. The van der Waals surface area contributed by atoms with Crippen molar-refractivity contribution >= 4 is 34.2 Å². The highest BCUT2D eigenvalue weighted by molar-refractivity contribution is 5.97. The lowest BCUT2D eigenvalue weighted by molar-refractivity contribution is 0.0698. The van der Waals surface area contributed by atoms with Gasteiger partial charge in [0.05, 0.1) is 23.3 Å². The number of aryl methyl sites for hydroxylation is 1. The molecule has 4 heterocycles. The molecule has 1 atom stereocenters. The summed E-state index contributed by atoms with van der Waals surface area (Å²) in [5, 5.41) is 18.8. The van der Waals surface area contributed by atoms with E-state index in [1.807, 2.05) is 24.4 Å². The number of nitrogens with one attached hydrogen (secondary N) is 1. The molecule has 2 aromatic carbocycles. The molecule has 0 amide bonds. The lowest BCUT2D eigenvalue weighted by atomic mass is 10.0. The van der Waals surface area contributed by atoms with Gasteiger partial charge < -0.3 is 15.3 Å². The molecular weight excluding hydrogens is 480 g/mol. The molecule has 38 heavy (non-hydrogen) atoms. The Morgan fingerprint density at radius 1 is 1.08 bits per heavy atom. The number of carbonyl (C=O) groups is 1. The Kier molecular flexibility index (Phi) is 6.07. The second-order valence-corrected chi connectivity index (χ2v) is 9.69. The number of hydrogen-bond acceptors (Lipinski definition) is 8. The molecule has 1 saturated heterocycles. The van der Waals surface area contributed by atoms with Crippen LogP contribution in [0.1, 0.15) is 53.7 Å². The fourth-order valence-corrected chi connectivity index (χ4v) is 5.13. The van der Waals surface area contributed by atoms with Crippen LogP contribution in [0.5, 0.6) is 0 Å². The Morgan fingerprint density at radius 2 is 1.89 bits per heavy atom. The van der Waals surface area contributed by atoms with Crippen molar-refractivity contribution in [1.29, 1.82) is 0 Å². The van der Waals surface area contributed by atoms with Crippen molar-refractivity contribution < 1.29 is 9.90 Å². The zero-order valence-electron chi connectivity index (χ0n) is 21.3. The highest BCUT2D eigenvalue weighted by atomic mass is 16.4. The number of carboxylic acid groups (broad SMARTS) is 1. The van der Waals surface area contributed by atoms with Crippen LogP contribution in [-0.4, -0.2) is 53.7 Å². The highest BCUT2D eigenvalue weighted by Crippen LogP contribution is 2.33. The summed E-state index contributed by atoms with van der Waals surface area (Å²) in [5.41, 5.74) is 4.92. The normalized spacial score (nSPS) is 14.6. The predicted octanol–water partition coefficient (Wildman–Crippen LogP) is 4.90. The number of rotatable bonds is 6. The molecule has 0 saturated carbocycles. The SMILES string of the molecule is Cc1cc([C@@H](C)Nc2ccccc2C(=O)O)c2nc(N3CCCCC3)n3nc(-c4cnccn4)nc3c2c1. The van der Waals surface area contributed by atoms with Gasteiger partial charge in [-0.3, -0.25) is 4.98 Å². The molecule has 1 aliphatic heterocycles. The van der Waals surface area contributed by atoms with Crippen LogP contribution in [0.4, 0.5) is 11.6 Å². The lowest BCUT2D eigenvalue weighted by Crippen LogP contribution is -2.32. The molecule has 1 fully saturated rings. The van der Waals surface area contributed by atoms with Crippen molar-refractivity contribution in [2.24, 2.45) is 0 Å². The van der Waals surface area contributed by atoms with E-state index in [0.29, 0.717) is 22.9 Å². The summed E-state index contributed by atoms with van der Waals surface area (Å²) in [6, 6.07) is 10.9. The number of para-hydroxylation sites is 1. The number of benzene rings is 2. The van der Waals surface area contributed by atoms with Gasteiger partial charge >= 0.3 is 5.97 Å². The first-order valence-corrected chi connectivity index (χ1v) is 12.8. The van der Waals surface area contributed by atoms with E-state index in [1.165, 1.54) is 6.42 Å². The van der Waals surface area contributed by atoms with E-state index in [0.717, 1.165) is 53.9 Å². The minimum atomic E-state index is -0.971. The van der Waals surface area contributed by atoms with Gasteiger partial charge in [-0.2, -0.15) is 4.52 Å². The van der Waals surface area contributed by atoms with Gasteiger partial charge in [0.25, 0.3) is 0 Å². The van der Waals surface area contributed by atoms with Gasteiger partial charge in [-0.25, -0.2) is 19.7 Å². The van der Waals surface area contributed by atoms with Crippen LogP contribution < -0.4 is 10.2 Å². The molecule has 1 aliphatic rings. The van der Waals surface area contributed by atoms with Gasteiger partial charge in [-0.05, 0) is 56.9 Å². The number of anilines is 2. The number of aromatic carboxylic acids is 1. The second kappa shape index (κ2) is 9.70. The molecule has 2 N–H and O–H groups in total. The number of nitrogens with zero attached hydrogens (tertiary/aromatic N) is 7. The minimum Gasteiger partial charge on any atom is -0.478 e. The Morgan fingerprint density at radius 3 is 2.66 bits per heavy atom. The van der Waals surface area contributed by atoms with Gasteiger partial charge in [0, 0.05) is 42.1 Å². The fraction of sp³-hybridized carbons (Fsp3) is 0.286. The summed E-state index contributed by atoms with van der Waals surface area (Å²) in [7, 11) is 0. The molecule has 0 radical (unpaired) electrons. The standard InChI is InChI=1S/C28H28N8O2/c1-17-14-20(18(2)31-22-9-5-4-8-19(22)27(37)38)24-21(15-17)26-33-25(23-16-29-10-11-30-23)34-36(26)28(32-24)35-12-6-3-7-13-35/h4-5,8-11,14-16,18,31H,3,6-7,12-13H2,1-2H3,(H,37,38)/t18-/m1/s1. The van der Waals surface area contributed by atoms with E-state index in [-0.39, 0.29) is 11.6 Å². The first kappa shape index (κ1) is 23.8. The summed E-state index contributed by atoms with van der Waals surface area (Å²) in [5.74, 6) is 0.273. The largest absolute Gasteiger partial charge is 0.478 e. The third-order valence-electron chi connectivity index (χ3n) is 6.96. The maximum absolute atomic E-state index is 11.8. The van der Waals surface area contributed by atoms with Gasteiger partial charge in [-0.15, -0.1) is 5.10 Å². The highest BCUT2D eigenvalue weighted by Gasteiger charge is 2.24. The maximum atomic E-state index is 11.8. The number of carboxylic acids is 1. The zero-order chi connectivity index (χ0) is 26.2. The van der Waals surface area contributed by atoms with Crippen LogP contribution in [0, 0.1) is 6.92 Å². The molecule has 10 nitrogen and oxygen atoms in total. The predicted molar refractivity (Wildman–Crippen MR) is 146 cm³/mol. The Labute approximate surface area is 219 Å². The molecule has 6 rings (SSSR count). The summed E-state index contributed by atoms with van der Waals surface area (Å²) < 4.78 is 1.83. The summed E-state index contributed by atoms with van der Waals surface area (Å²) in [6.07, 6.45) is 8.31. The van der Waals surface area contributed by atoms with E-state index in [1.54, 1.807) is 36.8 Å². The van der Waals surface area contributed by atoms with Crippen molar-refractivity contribution in [3.63, 3.8) is 0 Å². The quantitative estimate of drug-likeness (QED) is 0.330. The average molecular weight is 509 g/mol. The first-order chi connectivity index (χ1) is 18.5. The number of fused-ring (bicyclic) bond motifs is 3. The minimum absolute atomic E-state index is 0.218. The Bertz CT molecular complexity index is 1640. The fourth-order valence-electron chi connectivity index (χ4n) is 5.13. The molecule has 0 unspecified atom stereocenters. The van der Waals surface area contributed by atoms with E-state index in [9.17, 15) is 9.90 Å². The summed E-state index contributed by atoms with van der Waals surface area (Å²) in [4.78, 5) is 32.8. The Hall–Kier alpha value is -4.60. The topological polar surface area (TPSA) is 121 Å². The second-order valence-electron chi connectivity index (χ2n) is 9.69. The average Bonchev–Trinajstić information content (AvgIpc) is 3.39. The van der Waals surface area contributed by atoms with Crippen LogP contribution in [0.15, 0.2) is 55.0 Å². The van der Waals surface area contributed by atoms with Crippen LogP contribution in [0.3, 0.4) is 0 Å². The van der Waals surface area contributed by atoms with Crippen molar-refractivity contribution in [3.05, 3.63) is 71.7 Å². The molecule has 3 aromatic heterocycles. The molecule has 10 heteroatoms. The van der Waals surface area contributed by atoms with E-state index < -0.39 is 5.97 Å². The third-order valence-corrected chi connectivity index (χ3v) is 6.96. The van der Waals surface area contributed by atoms with Gasteiger partial charge in [0.1, 0.15) is 5.69 Å². The summed E-state index contributed by atoms with van der Waals surface area (Å²) in [6.45, 7) is 5.85. The van der Waals surface area contributed by atoms with E-state index in [4.69, 9.17) is 15.1 Å². The first-order valence-electron chi connectivity index (χ1n) is 12.8. The van der Waals surface area contributed by atoms with Crippen LogP contribution in [0.2, 0.25) is 0 Å². The third kappa shape index (κ3) is 4.27. The van der Waals surface area contributed by atoms with Crippen molar-refractivity contribution in [2.45, 2.75) is 39.2 Å². The lowest BCUT2D eigenvalue weighted by Gasteiger charge is -2.28. The van der Waals surface area contributed by atoms with E-state index in [2.05, 4.69) is 32.3 Å². The van der Waals surface area contributed by atoms with Crippen LogP contribution in [0.25, 0.3) is 28.1 Å². The van der Waals surface area contributed by atoms with Gasteiger partial charge in [0.15, 0.2) is 5.65 Å². The van der Waals surface area contributed by atoms with Crippen LogP contribution >= 0.6 is 0 Å². The van der Waals surface area contributed by atoms with Gasteiger partial charge in [-0.1, -0.05) is 18.2 Å².